The molecule has 7 nitrogen and oxygen atoms in total. The van der Waals surface area contributed by atoms with Crippen molar-refractivity contribution in [1.82, 2.24) is 5.32 Å². The molecule has 0 aliphatic carbocycles. The van der Waals surface area contributed by atoms with Crippen molar-refractivity contribution < 1.29 is 18.0 Å². The van der Waals surface area contributed by atoms with E-state index in [2.05, 4.69) is 15.4 Å². The van der Waals surface area contributed by atoms with E-state index < -0.39 is 10.0 Å². The molecule has 0 radical (unpaired) electrons. The Balaban J connectivity index is 1.67. The van der Waals surface area contributed by atoms with Gasteiger partial charge in [-0.25, -0.2) is 8.42 Å². The summed E-state index contributed by atoms with van der Waals surface area (Å²) in [5.41, 5.74) is 4.16. The van der Waals surface area contributed by atoms with E-state index in [1.807, 2.05) is 26.8 Å². The van der Waals surface area contributed by atoms with Crippen LogP contribution in [0.15, 0.2) is 71.6 Å². The SMILES string of the molecule is CC(=O)Nc1cccc(C(C)NC(=O)c2ccc(NS(=O)(=O)c3ccc(C)c(C)c3)cc2)c1. The fourth-order valence-corrected chi connectivity index (χ4v) is 4.38. The number of sulfonamides is 1. The molecule has 0 bridgehead atoms. The Bertz CT molecular complexity index is 1290. The summed E-state index contributed by atoms with van der Waals surface area (Å²) in [5.74, 6) is -0.465. The number of rotatable bonds is 7. The van der Waals surface area contributed by atoms with E-state index in [4.69, 9.17) is 0 Å². The minimum absolute atomic E-state index is 0.169. The van der Waals surface area contributed by atoms with Crippen molar-refractivity contribution in [3.63, 3.8) is 0 Å². The van der Waals surface area contributed by atoms with Crippen LogP contribution in [0.2, 0.25) is 0 Å². The van der Waals surface area contributed by atoms with Gasteiger partial charge in [-0.2, -0.15) is 0 Å². The highest BCUT2D eigenvalue weighted by Gasteiger charge is 2.16. The van der Waals surface area contributed by atoms with Crippen molar-refractivity contribution in [2.24, 2.45) is 0 Å². The molecule has 33 heavy (non-hydrogen) atoms. The van der Waals surface area contributed by atoms with Crippen LogP contribution in [0.4, 0.5) is 11.4 Å². The average Bonchev–Trinajstić information content (AvgIpc) is 2.75. The summed E-state index contributed by atoms with van der Waals surface area (Å²) in [5, 5.41) is 5.63. The second-order valence-corrected chi connectivity index (χ2v) is 9.61. The minimum atomic E-state index is -3.73. The van der Waals surface area contributed by atoms with Crippen LogP contribution in [0.25, 0.3) is 0 Å². The number of benzene rings is 3. The Hall–Kier alpha value is -3.65. The summed E-state index contributed by atoms with van der Waals surface area (Å²) < 4.78 is 27.9. The van der Waals surface area contributed by atoms with E-state index >= 15 is 0 Å². The number of nitrogens with one attached hydrogen (secondary N) is 3. The lowest BCUT2D eigenvalue weighted by molar-refractivity contribution is -0.114. The van der Waals surface area contributed by atoms with Gasteiger partial charge in [-0.15, -0.1) is 0 Å². The predicted molar refractivity (Wildman–Crippen MR) is 130 cm³/mol. The first kappa shape index (κ1) is 24.0. The van der Waals surface area contributed by atoms with Gasteiger partial charge in [0.05, 0.1) is 10.9 Å². The Morgan fingerprint density at radius 3 is 2.18 bits per heavy atom. The van der Waals surface area contributed by atoms with Gasteiger partial charge in [0.2, 0.25) is 5.91 Å². The molecule has 0 aliphatic rings. The zero-order valence-corrected chi connectivity index (χ0v) is 19.8. The highest BCUT2D eigenvalue weighted by Crippen LogP contribution is 2.21. The normalized spacial score (nSPS) is 12.0. The summed E-state index contributed by atoms with van der Waals surface area (Å²) in [7, 11) is -3.73. The standard InChI is InChI=1S/C25H27N3O4S/c1-16-8-13-24(14-17(16)2)33(31,32)28-22-11-9-20(10-12-22)25(30)26-18(3)21-6-5-7-23(15-21)27-19(4)29/h5-15,18,28H,1-4H3,(H,26,30)(H,27,29). The maximum atomic E-state index is 12.7. The Morgan fingerprint density at radius 1 is 0.848 bits per heavy atom. The molecule has 2 amide bonds. The molecule has 3 aromatic rings. The van der Waals surface area contributed by atoms with Gasteiger partial charge in [0, 0.05) is 23.9 Å². The second kappa shape index (κ2) is 9.87. The summed E-state index contributed by atoms with van der Waals surface area (Å²) in [6.45, 7) is 7.06. The number of hydrogen-bond acceptors (Lipinski definition) is 4. The molecule has 0 aromatic heterocycles. The fourth-order valence-electron chi connectivity index (χ4n) is 3.24. The second-order valence-electron chi connectivity index (χ2n) is 7.93. The summed E-state index contributed by atoms with van der Waals surface area (Å²) in [4.78, 5) is 24.1. The smallest absolute Gasteiger partial charge is 0.261 e. The fraction of sp³-hybridized carbons (Fsp3) is 0.200. The Morgan fingerprint density at radius 2 is 1.55 bits per heavy atom. The molecular formula is C25H27N3O4S. The highest BCUT2D eigenvalue weighted by molar-refractivity contribution is 7.92. The Labute approximate surface area is 194 Å². The van der Waals surface area contributed by atoms with Gasteiger partial charge in [-0.1, -0.05) is 18.2 Å². The number of anilines is 2. The van der Waals surface area contributed by atoms with E-state index in [0.29, 0.717) is 16.9 Å². The highest BCUT2D eigenvalue weighted by atomic mass is 32.2. The zero-order chi connectivity index (χ0) is 24.2. The van der Waals surface area contributed by atoms with Crippen LogP contribution in [0, 0.1) is 13.8 Å². The molecule has 3 aromatic carbocycles. The van der Waals surface area contributed by atoms with Gasteiger partial charge < -0.3 is 10.6 Å². The van der Waals surface area contributed by atoms with Crippen molar-refractivity contribution in [1.29, 1.82) is 0 Å². The van der Waals surface area contributed by atoms with Gasteiger partial charge in [0.15, 0.2) is 0 Å². The van der Waals surface area contributed by atoms with Gasteiger partial charge in [-0.3, -0.25) is 14.3 Å². The van der Waals surface area contributed by atoms with Gasteiger partial charge in [0.25, 0.3) is 15.9 Å². The largest absolute Gasteiger partial charge is 0.346 e. The van der Waals surface area contributed by atoms with Crippen LogP contribution in [-0.4, -0.2) is 20.2 Å². The molecule has 1 atom stereocenters. The van der Waals surface area contributed by atoms with Crippen LogP contribution >= 0.6 is 0 Å². The molecule has 1 unspecified atom stereocenters. The first-order valence-corrected chi connectivity index (χ1v) is 11.9. The topological polar surface area (TPSA) is 104 Å². The number of aryl methyl sites for hydroxylation is 2. The molecule has 0 saturated heterocycles. The molecule has 8 heteroatoms. The van der Waals surface area contributed by atoms with Crippen LogP contribution in [0.5, 0.6) is 0 Å². The maximum absolute atomic E-state index is 12.7. The first-order valence-electron chi connectivity index (χ1n) is 10.4. The quantitative estimate of drug-likeness (QED) is 0.476. The number of hydrogen-bond donors (Lipinski definition) is 3. The van der Waals surface area contributed by atoms with Gasteiger partial charge in [-0.05, 0) is 86.0 Å². The Kier molecular flexibility index (Phi) is 7.18. The third-order valence-electron chi connectivity index (χ3n) is 5.24. The lowest BCUT2D eigenvalue weighted by atomic mass is 10.1. The summed E-state index contributed by atoms with van der Waals surface area (Å²) in [6, 6.07) is 18.1. The van der Waals surface area contributed by atoms with E-state index in [0.717, 1.165) is 16.7 Å². The van der Waals surface area contributed by atoms with Crippen LogP contribution in [0.1, 0.15) is 46.9 Å². The lowest BCUT2D eigenvalue weighted by Crippen LogP contribution is -2.26. The third kappa shape index (κ3) is 6.20. The molecule has 0 spiro atoms. The summed E-state index contributed by atoms with van der Waals surface area (Å²) >= 11 is 0. The number of carbonyl (C=O) groups is 2. The average molecular weight is 466 g/mol. The molecule has 3 N–H and O–H groups in total. The van der Waals surface area contributed by atoms with Crippen molar-refractivity contribution in [3.05, 3.63) is 89.0 Å². The van der Waals surface area contributed by atoms with E-state index in [1.165, 1.54) is 6.92 Å². The lowest BCUT2D eigenvalue weighted by Gasteiger charge is -2.16. The number of carbonyl (C=O) groups excluding carboxylic acids is 2. The minimum Gasteiger partial charge on any atom is -0.346 e. The van der Waals surface area contributed by atoms with Gasteiger partial charge in [0.1, 0.15) is 0 Å². The van der Waals surface area contributed by atoms with E-state index in [-0.39, 0.29) is 22.8 Å². The molecule has 0 aliphatic heterocycles. The molecule has 0 fully saturated rings. The molecule has 0 saturated carbocycles. The van der Waals surface area contributed by atoms with Crippen LogP contribution < -0.4 is 15.4 Å². The van der Waals surface area contributed by atoms with Crippen LogP contribution in [-0.2, 0) is 14.8 Å². The van der Waals surface area contributed by atoms with Crippen molar-refractivity contribution in [2.45, 2.75) is 38.6 Å². The maximum Gasteiger partial charge on any atom is 0.261 e. The molecule has 0 heterocycles. The van der Waals surface area contributed by atoms with Gasteiger partial charge >= 0.3 is 0 Å². The monoisotopic (exact) mass is 465 g/mol. The van der Waals surface area contributed by atoms with Crippen molar-refractivity contribution in [2.75, 3.05) is 10.0 Å². The predicted octanol–water partition coefficient (Wildman–Crippen LogP) is 4.55. The van der Waals surface area contributed by atoms with Crippen molar-refractivity contribution >= 4 is 33.2 Å². The molecule has 3 rings (SSSR count). The van der Waals surface area contributed by atoms with Crippen LogP contribution in [0.3, 0.4) is 0 Å². The number of amides is 2. The third-order valence-corrected chi connectivity index (χ3v) is 6.62. The zero-order valence-electron chi connectivity index (χ0n) is 19.0. The molecule has 172 valence electrons. The van der Waals surface area contributed by atoms with E-state index in [9.17, 15) is 18.0 Å². The summed E-state index contributed by atoms with van der Waals surface area (Å²) in [6.07, 6.45) is 0. The van der Waals surface area contributed by atoms with E-state index in [1.54, 1.807) is 60.7 Å². The first-order chi connectivity index (χ1) is 15.5. The van der Waals surface area contributed by atoms with Crippen molar-refractivity contribution in [3.8, 4) is 0 Å². The molecular weight excluding hydrogens is 438 g/mol.